The van der Waals surface area contributed by atoms with Crippen LogP contribution in [0.4, 0.5) is 0 Å². The van der Waals surface area contributed by atoms with Crippen molar-refractivity contribution < 1.29 is 23.7 Å². The second-order valence-corrected chi connectivity index (χ2v) is 4.94. The number of carbonyl (C=O) groups is 1. The Morgan fingerprint density at radius 1 is 0.810 bits per heavy atom. The molecule has 0 fully saturated rings. The van der Waals surface area contributed by atoms with Gasteiger partial charge in [0.2, 0.25) is 0 Å². The highest BCUT2D eigenvalue weighted by molar-refractivity contribution is 6.17. The van der Waals surface area contributed by atoms with Crippen LogP contribution in [0.1, 0.15) is 39.0 Å². The average molecular weight is 325 g/mol. The first kappa shape index (κ1) is 20.6. The van der Waals surface area contributed by atoms with Crippen molar-refractivity contribution in [3.05, 3.63) is 0 Å². The number of ether oxygens (including phenoxy) is 4. The van der Waals surface area contributed by atoms with Crippen LogP contribution in [0.3, 0.4) is 0 Å². The first-order chi connectivity index (χ1) is 10.3. The first-order valence-electron chi connectivity index (χ1n) is 7.76. The second kappa shape index (κ2) is 17.7. The molecule has 0 aromatic heterocycles. The standard InChI is InChI=1S/C15H29ClO5/c1-2-3-4-5-6-15(17)21-14-13-20-12-11-19-10-9-18-8-7-16/h2-14H2,1H3. The maximum atomic E-state index is 11.3. The molecule has 0 radical (unpaired) electrons. The van der Waals surface area contributed by atoms with Gasteiger partial charge in [-0.3, -0.25) is 4.79 Å². The third kappa shape index (κ3) is 17.6. The molecule has 0 heterocycles. The molecule has 0 aromatic carbocycles. The van der Waals surface area contributed by atoms with Gasteiger partial charge in [0.15, 0.2) is 0 Å². The van der Waals surface area contributed by atoms with Crippen LogP contribution in [-0.4, -0.2) is 58.1 Å². The lowest BCUT2D eigenvalue weighted by molar-refractivity contribution is -0.145. The lowest BCUT2D eigenvalue weighted by atomic mass is 10.2. The molecule has 0 aliphatic heterocycles. The Balaban J connectivity index is 3.09. The Morgan fingerprint density at radius 3 is 1.95 bits per heavy atom. The fourth-order valence-corrected chi connectivity index (χ4v) is 1.69. The molecular formula is C15H29ClO5. The van der Waals surface area contributed by atoms with Crippen molar-refractivity contribution in [2.75, 3.05) is 52.1 Å². The van der Waals surface area contributed by atoms with E-state index in [9.17, 15) is 4.79 Å². The van der Waals surface area contributed by atoms with Gasteiger partial charge in [0, 0.05) is 12.3 Å². The molecule has 0 rings (SSSR count). The van der Waals surface area contributed by atoms with Gasteiger partial charge in [-0.05, 0) is 6.42 Å². The predicted molar refractivity (Wildman–Crippen MR) is 82.9 cm³/mol. The summed E-state index contributed by atoms with van der Waals surface area (Å²) in [6.45, 7) is 5.49. The van der Waals surface area contributed by atoms with E-state index >= 15 is 0 Å². The van der Waals surface area contributed by atoms with E-state index in [2.05, 4.69) is 6.92 Å². The van der Waals surface area contributed by atoms with Gasteiger partial charge >= 0.3 is 5.97 Å². The van der Waals surface area contributed by atoms with Crippen molar-refractivity contribution in [2.24, 2.45) is 0 Å². The van der Waals surface area contributed by atoms with E-state index in [4.69, 9.17) is 30.5 Å². The van der Waals surface area contributed by atoms with Gasteiger partial charge in [0.1, 0.15) is 6.61 Å². The molecule has 0 atom stereocenters. The van der Waals surface area contributed by atoms with E-state index in [-0.39, 0.29) is 5.97 Å². The van der Waals surface area contributed by atoms with Crippen LogP contribution in [0, 0.1) is 0 Å². The Labute approximate surface area is 133 Å². The Kier molecular flexibility index (Phi) is 17.4. The van der Waals surface area contributed by atoms with Crippen LogP contribution in [-0.2, 0) is 23.7 Å². The average Bonchev–Trinajstić information content (AvgIpc) is 2.49. The first-order valence-corrected chi connectivity index (χ1v) is 8.29. The molecule has 0 bridgehead atoms. The molecule has 0 aliphatic rings. The van der Waals surface area contributed by atoms with Gasteiger partial charge in [-0.15, -0.1) is 11.6 Å². The summed E-state index contributed by atoms with van der Waals surface area (Å²) < 4.78 is 20.8. The number of halogens is 1. The lowest BCUT2D eigenvalue weighted by Gasteiger charge is -2.07. The minimum absolute atomic E-state index is 0.137. The zero-order valence-corrected chi connectivity index (χ0v) is 13.9. The second-order valence-electron chi connectivity index (χ2n) is 4.56. The van der Waals surface area contributed by atoms with Gasteiger partial charge in [-0.25, -0.2) is 0 Å². The zero-order chi connectivity index (χ0) is 15.6. The topological polar surface area (TPSA) is 54.0 Å². The van der Waals surface area contributed by atoms with E-state index in [1.54, 1.807) is 0 Å². The highest BCUT2D eigenvalue weighted by Crippen LogP contribution is 2.03. The van der Waals surface area contributed by atoms with Crippen molar-refractivity contribution in [1.82, 2.24) is 0 Å². The van der Waals surface area contributed by atoms with Crippen LogP contribution in [0.25, 0.3) is 0 Å². The molecule has 21 heavy (non-hydrogen) atoms. The Hall–Kier alpha value is -0.360. The molecular weight excluding hydrogens is 296 g/mol. The highest BCUT2D eigenvalue weighted by atomic mass is 35.5. The lowest BCUT2D eigenvalue weighted by Crippen LogP contribution is -2.14. The predicted octanol–water partition coefficient (Wildman–Crippen LogP) is 2.79. The van der Waals surface area contributed by atoms with Gasteiger partial charge in [0.05, 0.1) is 39.6 Å². The van der Waals surface area contributed by atoms with Crippen LogP contribution >= 0.6 is 11.6 Å². The molecule has 126 valence electrons. The molecule has 0 N–H and O–H groups in total. The molecule has 0 saturated carbocycles. The summed E-state index contributed by atoms with van der Waals surface area (Å²) in [6, 6.07) is 0. The summed E-state index contributed by atoms with van der Waals surface area (Å²) in [5, 5.41) is 0. The van der Waals surface area contributed by atoms with Crippen LogP contribution in [0.2, 0.25) is 0 Å². The largest absolute Gasteiger partial charge is 0.463 e. The third-order valence-corrected chi connectivity index (χ3v) is 2.84. The molecule has 0 spiro atoms. The van der Waals surface area contributed by atoms with Crippen molar-refractivity contribution in [1.29, 1.82) is 0 Å². The number of alkyl halides is 1. The molecule has 0 unspecified atom stereocenters. The van der Waals surface area contributed by atoms with Crippen LogP contribution < -0.4 is 0 Å². The fourth-order valence-electron chi connectivity index (χ4n) is 1.58. The number of esters is 1. The molecule has 5 nitrogen and oxygen atoms in total. The van der Waals surface area contributed by atoms with Crippen molar-refractivity contribution >= 4 is 17.6 Å². The van der Waals surface area contributed by atoms with Crippen molar-refractivity contribution in [3.63, 3.8) is 0 Å². The maximum Gasteiger partial charge on any atom is 0.305 e. The van der Waals surface area contributed by atoms with Crippen LogP contribution in [0.15, 0.2) is 0 Å². The van der Waals surface area contributed by atoms with E-state index in [1.165, 1.54) is 12.8 Å². The minimum atomic E-state index is -0.137. The van der Waals surface area contributed by atoms with Gasteiger partial charge in [-0.2, -0.15) is 0 Å². The summed E-state index contributed by atoms with van der Waals surface area (Å²) >= 11 is 5.46. The van der Waals surface area contributed by atoms with Crippen molar-refractivity contribution in [3.8, 4) is 0 Å². The van der Waals surface area contributed by atoms with Gasteiger partial charge in [-0.1, -0.05) is 26.2 Å². The fraction of sp³-hybridized carbons (Fsp3) is 0.933. The summed E-state index contributed by atoms with van der Waals surface area (Å²) in [6.07, 6.45) is 4.85. The zero-order valence-electron chi connectivity index (χ0n) is 13.1. The van der Waals surface area contributed by atoms with Crippen LogP contribution in [0.5, 0.6) is 0 Å². The smallest absolute Gasteiger partial charge is 0.305 e. The third-order valence-electron chi connectivity index (χ3n) is 2.69. The highest BCUT2D eigenvalue weighted by Gasteiger charge is 2.01. The monoisotopic (exact) mass is 324 g/mol. The maximum absolute atomic E-state index is 11.3. The molecule has 0 aliphatic carbocycles. The van der Waals surface area contributed by atoms with Gasteiger partial charge < -0.3 is 18.9 Å². The number of unbranched alkanes of at least 4 members (excludes halogenated alkanes) is 3. The quantitative estimate of drug-likeness (QED) is 0.248. The SMILES string of the molecule is CCCCCCC(=O)OCCOCCOCCOCCCl. The molecule has 0 saturated heterocycles. The Bertz CT molecular complexity index is 226. The van der Waals surface area contributed by atoms with E-state index in [1.807, 2.05) is 0 Å². The van der Waals surface area contributed by atoms with Gasteiger partial charge in [0.25, 0.3) is 0 Å². The number of carbonyl (C=O) groups excluding carboxylic acids is 1. The number of rotatable bonds is 16. The number of hydrogen-bond donors (Lipinski definition) is 0. The molecule has 0 aromatic rings. The minimum Gasteiger partial charge on any atom is -0.463 e. The number of hydrogen-bond acceptors (Lipinski definition) is 5. The van der Waals surface area contributed by atoms with Crippen molar-refractivity contribution in [2.45, 2.75) is 39.0 Å². The molecule has 6 heteroatoms. The van der Waals surface area contributed by atoms with E-state index < -0.39 is 0 Å². The Morgan fingerprint density at radius 2 is 1.38 bits per heavy atom. The summed E-state index contributed by atoms with van der Waals surface area (Å²) in [7, 11) is 0. The summed E-state index contributed by atoms with van der Waals surface area (Å²) in [5.74, 6) is 0.364. The normalized spacial score (nSPS) is 10.8. The molecule has 0 amide bonds. The van der Waals surface area contributed by atoms with E-state index in [0.29, 0.717) is 58.5 Å². The summed E-state index contributed by atoms with van der Waals surface area (Å²) in [5.41, 5.74) is 0. The van der Waals surface area contributed by atoms with E-state index in [0.717, 1.165) is 12.8 Å². The summed E-state index contributed by atoms with van der Waals surface area (Å²) in [4.78, 5) is 11.3.